The minimum absolute atomic E-state index is 0.408. The highest BCUT2D eigenvalue weighted by atomic mass is 19.1. The maximum atomic E-state index is 12.7. The number of methoxy groups -OCH3 is 1. The minimum Gasteiger partial charge on any atom is -0.383 e. The van der Waals surface area contributed by atoms with Gasteiger partial charge in [-0.3, -0.25) is 0 Å². The Morgan fingerprint density at radius 3 is 3.00 bits per heavy atom. The molecule has 1 aromatic heterocycles. The predicted octanol–water partition coefficient (Wildman–Crippen LogP) is 1.39. The molecule has 106 valence electrons. The summed E-state index contributed by atoms with van der Waals surface area (Å²) < 4.78 is 17.8. The van der Waals surface area contributed by atoms with Crippen molar-refractivity contribution in [1.29, 1.82) is 0 Å². The molecule has 1 N–H and O–H groups in total. The van der Waals surface area contributed by atoms with E-state index in [9.17, 15) is 4.39 Å². The molecule has 1 aliphatic heterocycles. The first kappa shape index (κ1) is 14.1. The third kappa shape index (κ3) is 4.72. The second-order valence-electron chi connectivity index (χ2n) is 4.91. The Morgan fingerprint density at radius 1 is 1.47 bits per heavy atom. The monoisotopic (exact) mass is 268 g/mol. The van der Waals surface area contributed by atoms with Gasteiger partial charge in [0.15, 0.2) is 5.82 Å². The first-order valence-electron chi connectivity index (χ1n) is 6.70. The highest BCUT2D eigenvalue weighted by molar-refractivity contribution is 5.22. The molecule has 0 amide bonds. The Hall–Kier alpha value is -1.27. The number of hydrogen-bond donors (Lipinski definition) is 1. The van der Waals surface area contributed by atoms with Crippen LogP contribution in [0.2, 0.25) is 0 Å². The smallest absolute Gasteiger partial charge is 0.222 e. The first-order chi connectivity index (χ1) is 9.28. The molecule has 0 radical (unpaired) electrons. The van der Waals surface area contributed by atoms with Crippen molar-refractivity contribution in [3.8, 4) is 0 Å². The van der Waals surface area contributed by atoms with Gasteiger partial charge in [-0.2, -0.15) is 0 Å². The van der Waals surface area contributed by atoms with Crippen molar-refractivity contribution < 1.29 is 9.13 Å². The molecular weight excluding hydrogens is 247 g/mol. The molecule has 1 atom stereocenters. The number of ether oxygens (including phenoxy) is 1. The Balaban J connectivity index is 1.74. The van der Waals surface area contributed by atoms with E-state index in [0.29, 0.717) is 11.9 Å². The van der Waals surface area contributed by atoms with Gasteiger partial charge in [0, 0.05) is 26.7 Å². The fourth-order valence-electron chi connectivity index (χ4n) is 2.38. The summed E-state index contributed by atoms with van der Waals surface area (Å²) in [6.45, 7) is 4.81. The molecule has 2 heterocycles. The van der Waals surface area contributed by atoms with Crippen LogP contribution in [-0.4, -0.2) is 54.8 Å². The number of rotatable bonds is 6. The molecule has 0 aromatic carbocycles. The summed E-state index contributed by atoms with van der Waals surface area (Å²) in [5.41, 5.74) is 0. The van der Waals surface area contributed by atoms with Crippen LogP contribution in [0.15, 0.2) is 12.4 Å². The summed E-state index contributed by atoms with van der Waals surface area (Å²) in [5, 5.41) is 3.17. The summed E-state index contributed by atoms with van der Waals surface area (Å²) in [4.78, 5) is 10.2. The summed E-state index contributed by atoms with van der Waals surface area (Å²) in [6.07, 6.45) is 4.78. The molecule has 5 nitrogen and oxygen atoms in total. The Bertz CT molecular complexity index is 373. The van der Waals surface area contributed by atoms with Crippen LogP contribution in [0, 0.1) is 11.7 Å². The molecule has 2 rings (SSSR count). The molecule has 1 fully saturated rings. The highest BCUT2D eigenvalue weighted by Gasteiger charge is 2.19. The molecule has 19 heavy (non-hydrogen) atoms. The van der Waals surface area contributed by atoms with Gasteiger partial charge in [0.05, 0.1) is 19.0 Å². The van der Waals surface area contributed by atoms with E-state index in [-0.39, 0.29) is 0 Å². The van der Waals surface area contributed by atoms with Gasteiger partial charge in [-0.05, 0) is 25.3 Å². The Kier molecular flexibility index (Phi) is 5.47. The molecule has 1 saturated heterocycles. The van der Waals surface area contributed by atoms with Gasteiger partial charge in [0.2, 0.25) is 5.95 Å². The van der Waals surface area contributed by atoms with Crippen molar-refractivity contribution in [2.24, 2.45) is 5.92 Å². The van der Waals surface area contributed by atoms with Crippen LogP contribution in [0.5, 0.6) is 0 Å². The number of likely N-dealkylation sites (tertiary alicyclic amines) is 1. The molecular formula is C13H21FN4O. The maximum Gasteiger partial charge on any atom is 0.222 e. The number of piperidine rings is 1. The van der Waals surface area contributed by atoms with Crippen molar-refractivity contribution in [1.82, 2.24) is 14.9 Å². The number of nitrogens with zero attached hydrogens (tertiary/aromatic N) is 3. The largest absolute Gasteiger partial charge is 0.383 e. The lowest BCUT2D eigenvalue weighted by Gasteiger charge is -2.32. The molecule has 6 heteroatoms. The third-order valence-electron chi connectivity index (χ3n) is 3.38. The van der Waals surface area contributed by atoms with E-state index in [1.807, 2.05) is 0 Å². The van der Waals surface area contributed by atoms with Crippen molar-refractivity contribution in [2.45, 2.75) is 12.8 Å². The van der Waals surface area contributed by atoms with Crippen LogP contribution < -0.4 is 5.32 Å². The third-order valence-corrected chi connectivity index (χ3v) is 3.38. The van der Waals surface area contributed by atoms with Gasteiger partial charge >= 0.3 is 0 Å². The zero-order valence-corrected chi connectivity index (χ0v) is 11.3. The van der Waals surface area contributed by atoms with E-state index in [1.165, 1.54) is 25.2 Å². The van der Waals surface area contributed by atoms with E-state index in [1.54, 1.807) is 7.11 Å². The average molecular weight is 268 g/mol. The molecule has 0 spiro atoms. The van der Waals surface area contributed by atoms with E-state index < -0.39 is 5.82 Å². The molecule has 0 aliphatic carbocycles. The molecule has 1 aliphatic rings. The zero-order valence-electron chi connectivity index (χ0n) is 11.3. The lowest BCUT2D eigenvalue weighted by Crippen LogP contribution is -2.39. The van der Waals surface area contributed by atoms with Crippen LogP contribution in [0.1, 0.15) is 12.8 Å². The number of anilines is 1. The Labute approximate surface area is 113 Å². The van der Waals surface area contributed by atoms with Gasteiger partial charge in [0.1, 0.15) is 0 Å². The standard InChI is InChI=1S/C13H21FN4O/c1-19-6-5-18-4-2-3-11(10-18)7-15-13-16-8-12(14)9-17-13/h8-9,11H,2-7,10H2,1H3,(H,15,16,17). The SMILES string of the molecule is COCCN1CCCC(CNc2ncc(F)cn2)C1. The van der Waals surface area contributed by atoms with E-state index in [0.717, 1.165) is 32.8 Å². The quantitative estimate of drug-likeness (QED) is 0.845. The van der Waals surface area contributed by atoms with Gasteiger partial charge in [-0.15, -0.1) is 0 Å². The lowest BCUT2D eigenvalue weighted by molar-refractivity contribution is 0.117. The second-order valence-corrected chi connectivity index (χ2v) is 4.91. The second kappa shape index (κ2) is 7.35. The molecule has 1 aromatic rings. The highest BCUT2D eigenvalue weighted by Crippen LogP contribution is 2.16. The summed E-state index contributed by atoms with van der Waals surface area (Å²) in [5.74, 6) is 0.670. The predicted molar refractivity (Wildman–Crippen MR) is 71.5 cm³/mol. The first-order valence-corrected chi connectivity index (χ1v) is 6.70. The van der Waals surface area contributed by atoms with Crippen LogP contribution >= 0.6 is 0 Å². The number of aromatic nitrogens is 2. The molecule has 0 saturated carbocycles. The van der Waals surface area contributed by atoms with Crippen LogP contribution in [-0.2, 0) is 4.74 Å². The topological polar surface area (TPSA) is 50.3 Å². The van der Waals surface area contributed by atoms with Crippen LogP contribution in [0.25, 0.3) is 0 Å². The van der Waals surface area contributed by atoms with Crippen LogP contribution in [0.3, 0.4) is 0 Å². The van der Waals surface area contributed by atoms with Crippen molar-refractivity contribution in [3.05, 3.63) is 18.2 Å². The summed E-state index contributed by atoms with van der Waals surface area (Å²) in [6, 6.07) is 0. The summed E-state index contributed by atoms with van der Waals surface area (Å²) >= 11 is 0. The zero-order chi connectivity index (χ0) is 13.5. The van der Waals surface area contributed by atoms with Crippen molar-refractivity contribution in [3.63, 3.8) is 0 Å². The van der Waals surface area contributed by atoms with Gasteiger partial charge < -0.3 is 15.0 Å². The fourth-order valence-corrected chi connectivity index (χ4v) is 2.38. The molecule has 0 bridgehead atoms. The van der Waals surface area contributed by atoms with Gasteiger partial charge in [0.25, 0.3) is 0 Å². The number of nitrogens with one attached hydrogen (secondary N) is 1. The van der Waals surface area contributed by atoms with Crippen molar-refractivity contribution >= 4 is 5.95 Å². The molecule has 1 unspecified atom stereocenters. The van der Waals surface area contributed by atoms with Gasteiger partial charge in [-0.25, -0.2) is 14.4 Å². The van der Waals surface area contributed by atoms with E-state index in [2.05, 4.69) is 20.2 Å². The minimum atomic E-state index is -0.408. The van der Waals surface area contributed by atoms with E-state index >= 15 is 0 Å². The van der Waals surface area contributed by atoms with Crippen molar-refractivity contribution in [2.75, 3.05) is 45.2 Å². The lowest BCUT2D eigenvalue weighted by atomic mass is 9.98. The normalized spacial score (nSPS) is 20.4. The maximum absolute atomic E-state index is 12.7. The van der Waals surface area contributed by atoms with Crippen LogP contribution in [0.4, 0.5) is 10.3 Å². The van der Waals surface area contributed by atoms with Gasteiger partial charge in [-0.1, -0.05) is 0 Å². The average Bonchev–Trinajstić information content (AvgIpc) is 2.45. The van der Waals surface area contributed by atoms with E-state index in [4.69, 9.17) is 4.74 Å². The number of halogens is 1. The fraction of sp³-hybridized carbons (Fsp3) is 0.692. The summed E-state index contributed by atoms with van der Waals surface area (Å²) in [7, 11) is 1.73. The Morgan fingerprint density at radius 2 is 2.26 bits per heavy atom. The number of hydrogen-bond acceptors (Lipinski definition) is 5.